The predicted molar refractivity (Wildman–Crippen MR) is 131 cm³/mol. The molecule has 182 valence electrons. The van der Waals surface area contributed by atoms with Gasteiger partial charge in [0.1, 0.15) is 11.3 Å². The third-order valence-electron chi connectivity index (χ3n) is 5.95. The highest BCUT2D eigenvalue weighted by atomic mass is 35.5. The molecule has 8 nitrogen and oxygen atoms in total. The van der Waals surface area contributed by atoms with Gasteiger partial charge in [-0.2, -0.15) is 0 Å². The highest BCUT2D eigenvalue weighted by Crippen LogP contribution is 2.42. The van der Waals surface area contributed by atoms with Crippen LogP contribution in [-0.4, -0.2) is 31.9 Å². The zero-order valence-electron chi connectivity index (χ0n) is 19.8. The number of nitrogens with two attached hydrogens (primary N) is 1. The van der Waals surface area contributed by atoms with Crippen LogP contribution in [0.1, 0.15) is 28.3 Å². The fraction of sp³-hybridized carbons (Fsp3) is 0.231. The molecule has 0 spiro atoms. The Morgan fingerprint density at radius 1 is 1.09 bits per heavy atom. The lowest BCUT2D eigenvalue weighted by Gasteiger charge is -2.29. The zero-order valence-corrected chi connectivity index (χ0v) is 20.5. The smallest absolute Gasteiger partial charge is 0.340 e. The first-order valence-electron chi connectivity index (χ1n) is 10.8. The Balaban J connectivity index is 1.90. The van der Waals surface area contributed by atoms with Crippen molar-refractivity contribution in [3.8, 4) is 17.2 Å². The van der Waals surface area contributed by atoms with E-state index in [4.69, 9.17) is 36.3 Å². The number of halogens is 1. The second-order valence-electron chi connectivity index (χ2n) is 8.00. The van der Waals surface area contributed by atoms with Crippen molar-refractivity contribution in [3.63, 3.8) is 0 Å². The molecule has 0 amide bonds. The third-order valence-corrected chi connectivity index (χ3v) is 6.18. The molecule has 0 radical (unpaired) electrons. The maximum Gasteiger partial charge on any atom is 0.340 e. The molecule has 2 N–H and O–H groups in total. The lowest BCUT2D eigenvalue weighted by molar-refractivity contribution is -0.136. The third kappa shape index (κ3) is 4.44. The van der Waals surface area contributed by atoms with E-state index in [0.29, 0.717) is 27.8 Å². The molecule has 0 saturated heterocycles. The van der Waals surface area contributed by atoms with Crippen molar-refractivity contribution in [2.75, 3.05) is 21.3 Å². The minimum Gasteiger partial charge on any atom is -0.493 e. The molecule has 1 atom stereocenters. The minimum absolute atomic E-state index is 0.0425. The Kier molecular flexibility index (Phi) is 6.75. The van der Waals surface area contributed by atoms with E-state index in [-0.39, 0.29) is 34.9 Å². The van der Waals surface area contributed by atoms with Gasteiger partial charge in [0.05, 0.1) is 39.4 Å². The molecule has 0 saturated carbocycles. The molecule has 1 aliphatic heterocycles. The number of rotatable bonds is 6. The second kappa shape index (κ2) is 9.76. The average molecular weight is 497 g/mol. The summed E-state index contributed by atoms with van der Waals surface area (Å²) in [5.74, 6) is -0.211. The van der Waals surface area contributed by atoms with Crippen molar-refractivity contribution in [3.05, 3.63) is 97.7 Å². The van der Waals surface area contributed by atoms with Gasteiger partial charge >= 0.3 is 5.97 Å². The van der Waals surface area contributed by atoms with Crippen LogP contribution >= 0.6 is 11.6 Å². The van der Waals surface area contributed by atoms with Crippen molar-refractivity contribution in [2.45, 2.75) is 19.4 Å². The quantitative estimate of drug-likeness (QED) is 0.518. The van der Waals surface area contributed by atoms with Crippen LogP contribution in [0.25, 0.3) is 0 Å². The van der Waals surface area contributed by atoms with Crippen molar-refractivity contribution < 1.29 is 23.7 Å². The first-order valence-corrected chi connectivity index (χ1v) is 11.1. The molecule has 1 unspecified atom stereocenters. The molecule has 4 rings (SSSR count). The van der Waals surface area contributed by atoms with Gasteiger partial charge in [-0.25, -0.2) is 4.79 Å². The first kappa shape index (κ1) is 24.2. The topological polar surface area (TPSA) is 102 Å². The van der Waals surface area contributed by atoms with Crippen molar-refractivity contribution in [1.29, 1.82) is 0 Å². The average Bonchev–Trinajstić information content (AvgIpc) is 2.85. The van der Waals surface area contributed by atoms with Gasteiger partial charge < -0.3 is 29.2 Å². The molecule has 3 aromatic rings. The predicted octanol–water partition coefficient (Wildman–Crippen LogP) is 3.74. The SMILES string of the molecule is COC(=O)C1=C(N)Oc2cc(C)n(Cc3ccc(OC)c(OC)c3)c(=O)c2C1c1cccc(Cl)c1. The molecular weight excluding hydrogens is 472 g/mol. The number of aromatic nitrogens is 1. The summed E-state index contributed by atoms with van der Waals surface area (Å²) in [6, 6.07) is 14.1. The van der Waals surface area contributed by atoms with E-state index < -0.39 is 11.9 Å². The summed E-state index contributed by atoms with van der Waals surface area (Å²) in [6.45, 7) is 2.06. The van der Waals surface area contributed by atoms with Crippen LogP contribution in [0.5, 0.6) is 17.2 Å². The number of nitrogens with zero attached hydrogens (tertiary/aromatic N) is 1. The summed E-state index contributed by atoms with van der Waals surface area (Å²) in [4.78, 5) is 26.7. The highest BCUT2D eigenvalue weighted by Gasteiger charge is 2.38. The van der Waals surface area contributed by atoms with Gasteiger partial charge in [-0.05, 0) is 42.3 Å². The number of carbonyl (C=O) groups is 1. The van der Waals surface area contributed by atoms with Gasteiger partial charge in [0.2, 0.25) is 5.88 Å². The van der Waals surface area contributed by atoms with E-state index in [0.717, 1.165) is 5.56 Å². The van der Waals surface area contributed by atoms with Crippen LogP contribution in [0.15, 0.2) is 64.8 Å². The Bertz CT molecular complexity index is 1400. The van der Waals surface area contributed by atoms with Crippen molar-refractivity contribution in [1.82, 2.24) is 4.57 Å². The van der Waals surface area contributed by atoms with Gasteiger partial charge in [-0.15, -0.1) is 0 Å². The van der Waals surface area contributed by atoms with Crippen LogP contribution < -0.4 is 25.5 Å². The maximum absolute atomic E-state index is 13.9. The number of hydrogen-bond acceptors (Lipinski definition) is 7. The molecule has 2 aromatic carbocycles. The normalized spacial score (nSPS) is 14.7. The Labute approximate surface area is 207 Å². The summed E-state index contributed by atoms with van der Waals surface area (Å²) >= 11 is 6.25. The molecule has 1 aromatic heterocycles. The first-order chi connectivity index (χ1) is 16.8. The summed E-state index contributed by atoms with van der Waals surface area (Å²) in [6.07, 6.45) is 0. The zero-order chi connectivity index (χ0) is 25.3. The number of carbonyl (C=O) groups excluding carboxylic acids is 1. The molecule has 0 aliphatic carbocycles. The Hall–Kier alpha value is -3.91. The minimum atomic E-state index is -0.824. The van der Waals surface area contributed by atoms with Gasteiger partial charge in [-0.3, -0.25) is 4.79 Å². The van der Waals surface area contributed by atoms with Crippen LogP contribution in [0.4, 0.5) is 0 Å². The fourth-order valence-electron chi connectivity index (χ4n) is 4.27. The number of ether oxygens (including phenoxy) is 4. The van der Waals surface area contributed by atoms with Gasteiger partial charge in [0, 0.05) is 16.8 Å². The lowest BCUT2D eigenvalue weighted by Crippen LogP contribution is -2.35. The van der Waals surface area contributed by atoms with Crippen LogP contribution in [-0.2, 0) is 16.1 Å². The van der Waals surface area contributed by atoms with E-state index in [1.165, 1.54) is 7.11 Å². The van der Waals surface area contributed by atoms with E-state index >= 15 is 0 Å². The molecule has 0 fully saturated rings. The monoisotopic (exact) mass is 496 g/mol. The number of benzene rings is 2. The van der Waals surface area contributed by atoms with E-state index in [2.05, 4.69) is 0 Å². The van der Waals surface area contributed by atoms with Crippen LogP contribution in [0.3, 0.4) is 0 Å². The van der Waals surface area contributed by atoms with Gasteiger partial charge in [0.15, 0.2) is 11.5 Å². The summed E-state index contributed by atoms with van der Waals surface area (Å²) in [5, 5.41) is 0.455. The number of hydrogen-bond donors (Lipinski definition) is 1. The number of pyridine rings is 1. The lowest BCUT2D eigenvalue weighted by atomic mass is 9.83. The van der Waals surface area contributed by atoms with E-state index in [9.17, 15) is 9.59 Å². The van der Waals surface area contributed by atoms with Crippen LogP contribution in [0, 0.1) is 6.92 Å². The summed E-state index contributed by atoms with van der Waals surface area (Å²) in [5.41, 5.74) is 8.23. The van der Waals surface area contributed by atoms with Crippen LogP contribution in [0.2, 0.25) is 5.02 Å². The summed E-state index contributed by atoms with van der Waals surface area (Å²) < 4.78 is 23.0. The van der Waals surface area contributed by atoms with Gasteiger partial charge in [0.25, 0.3) is 5.56 Å². The van der Waals surface area contributed by atoms with Crippen molar-refractivity contribution >= 4 is 17.6 Å². The second-order valence-corrected chi connectivity index (χ2v) is 8.44. The molecule has 9 heteroatoms. The number of esters is 1. The standard InChI is InChI=1S/C26H25ClN2O6/c1-14-10-20-22(25(30)29(14)13-15-8-9-18(32-2)19(11-15)33-3)21(16-6-5-7-17(27)12-16)23(24(28)35-20)26(31)34-4/h5-12,21H,13,28H2,1-4H3. The molecule has 1 aliphatic rings. The summed E-state index contributed by atoms with van der Waals surface area (Å²) in [7, 11) is 4.36. The number of aryl methyl sites for hydroxylation is 1. The molecule has 35 heavy (non-hydrogen) atoms. The number of fused-ring (bicyclic) bond motifs is 1. The fourth-order valence-corrected chi connectivity index (χ4v) is 4.47. The van der Waals surface area contributed by atoms with E-state index in [1.54, 1.807) is 62.1 Å². The number of methoxy groups -OCH3 is 3. The largest absolute Gasteiger partial charge is 0.493 e. The Morgan fingerprint density at radius 3 is 2.49 bits per heavy atom. The van der Waals surface area contributed by atoms with Gasteiger partial charge in [-0.1, -0.05) is 29.8 Å². The highest BCUT2D eigenvalue weighted by molar-refractivity contribution is 6.30. The van der Waals surface area contributed by atoms with Crippen molar-refractivity contribution in [2.24, 2.45) is 5.73 Å². The molecular formula is C26H25ClN2O6. The van der Waals surface area contributed by atoms with E-state index in [1.807, 2.05) is 12.1 Å². The molecule has 2 heterocycles. The Morgan fingerprint density at radius 2 is 1.83 bits per heavy atom. The molecule has 0 bridgehead atoms. The maximum atomic E-state index is 13.9.